The minimum absolute atomic E-state index is 0.0552. The molecule has 8 heteroatoms. The Hall–Kier alpha value is -2.84. The van der Waals surface area contributed by atoms with E-state index in [1.807, 2.05) is 24.3 Å². The van der Waals surface area contributed by atoms with Crippen LogP contribution < -0.4 is 5.32 Å². The third-order valence-electron chi connectivity index (χ3n) is 5.26. The average molecular weight is 481 g/mol. The highest BCUT2D eigenvalue weighted by Gasteiger charge is 2.22. The van der Waals surface area contributed by atoms with E-state index in [0.29, 0.717) is 5.82 Å². The predicted molar refractivity (Wildman–Crippen MR) is 124 cm³/mol. The molecule has 0 aliphatic heterocycles. The van der Waals surface area contributed by atoms with Crippen molar-refractivity contribution in [1.82, 2.24) is 9.97 Å². The fraction of sp³-hybridized carbons (Fsp3) is 0.182. The number of thiophene rings is 1. The minimum atomic E-state index is -0.401. The van der Waals surface area contributed by atoms with Crippen LogP contribution in [-0.2, 0) is 12.8 Å². The number of nitro groups is 1. The van der Waals surface area contributed by atoms with E-state index in [-0.39, 0.29) is 5.69 Å². The lowest BCUT2D eigenvalue weighted by molar-refractivity contribution is -0.384. The molecule has 1 aliphatic carbocycles. The zero-order valence-corrected chi connectivity index (χ0v) is 18.3. The van der Waals surface area contributed by atoms with Crippen LogP contribution in [0, 0.1) is 10.1 Å². The van der Waals surface area contributed by atoms with E-state index in [0.717, 1.165) is 44.6 Å². The Morgan fingerprint density at radius 1 is 1.00 bits per heavy atom. The molecule has 30 heavy (non-hydrogen) atoms. The molecule has 0 unspecified atom stereocenters. The summed E-state index contributed by atoms with van der Waals surface area (Å²) in [6, 6.07) is 14.4. The van der Waals surface area contributed by atoms with Gasteiger partial charge >= 0.3 is 0 Å². The van der Waals surface area contributed by atoms with Crippen molar-refractivity contribution in [2.24, 2.45) is 0 Å². The number of anilines is 2. The summed E-state index contributed by atoms with van der Waals surface area (Å²) in [5, 5.41) is 15.6. The molecular formula is C22H17BrN4O2S. The van der Waals surface area contributed by atoms with Crippen LogP contribution in [-0.4, -0.2) is 14.9 Å². The van der Waals surface area contributed by atoms with E-state index in [4.69, 9.17) is 9.97 Å². The fourth-order valence-electron chi connectivity index (χ4n) is 3.78. The Bertz CT molecular complexity index is 1250. The number of hydrogen-bond donors (Lipinski definition) is 1. The van der Waals surface area contributed by atoms with Gasteiger partial charge in [-0.3, -0.25) is 10.1 Å². The van der Waals surface area contributed by atoms with Crippen molar-refractivity contribution in [3.05, 3.63) is 73.6 Å². The molecule has 0 fully saturated rings. The van der Waals surface area contributed by atoms with Gasteiger partial charge < -0.3 is 5.32 Å². The van der Waals surface area contributed by atoms with E-state index in [2.05, 4.69) is 21.2 Å². The zero-order chi connectivity index (χ0) is 20.7. The van der Waals surface area contributed by atoms with Crippen LogP contribution in [0.2, 0.25) is 0 Å². The lowest BCUT2D eigenvalue weighted by Crippen LogP contribution is -2.02. The smallest absolute Gasteiger partial charge is 0.269 e. The second-order valence-electron chi connectivity index (χ2n) is 7.22. The molecule has 0 radical (unpaired) electrons. The maximum atomic E-state index is 11.0. The van der Waals surface area contributed by atoms with Gasteiger partial charge in [-0.2, -0.15) is 0 Å². The number of benzene rings is 2. The van der Waals surface area contributed by atoms with E-state index < -0.39 is 4.92 Å². The number of rotatable bonds is 4. The summed E-state index contributed by atoms with van der Waals surface area (Å²) in [6.07, 6.45) is 4.52. The summed E-state index contributed by atoms with van der Waals surface area (Å²) >= 11 is 5.21. The van der Waals surface area contributed by atoms with Crippen LogP contribution in [0.25, 0.3) is 21.6 Å². The van der Waals surface area contributed by atoms with Gasteiger partial charge in [0.2, 0.25) is 0 Å². The van der Waals surface area contributed by atoms with Crippen LogP contribution in [0.1, 0.15) is 23.3 Å². The molecule has 0 saturated carbocycles. The largest absolute Gasteiger partial charge is 0.340 e. The molecule has 150 valence electrons. The van der Waals surface area contributed by atoms with Gasteiger partial charge in [0.1, 0.15) is 10.6 Å². The van der Waals surface area contributed by atoms with Gasteiger partial charge in [0.05, 0.1) is 10.3 Å². The van der Waals surface area contributed by atoms with Gasteiger partial charge in [-0.05, 0) is 67.6 Å². The van der Waals surface area contributed by atoms with Gasteiger partial charge in [0, 0.05) is 32.7 Å². The first-order valence-electron chi connectivity index (χ1n) is 9.68. The molecule has 6 nitrogen and oxygen atoms in total. The Morgan fingerprint density at radius 3 is 2.47 bits per heavy atom. The van der Waals surface area contributed by atoms with Crippen molar-refractivity contribution < 1.29 is 4.92 Å². The third kappa shape index (κ3) is 3.57. The first-order valence-corrected chi connectivity index (χ1v) is 11.3. The number of nitrogens with zero attached hydrogens (tertiary/aromatic N) is 3. The van der Waals surface area contributed by atoms with Gasteiger partial charge in [-0.25, -0.2) is 9.97 Å². The molecule has 4 aromatic rings. The summed E-state index contributed by atoms with van der Waals surface area (Å²) in [5.74, 6) is 1.35. The number of nitro benzene ring substituents is 1. The van der Waals surface area contributed by atoms with Gasteiger partial charge in [-0.1, -0.05) is 15.9 Å². The number of fused-ring (bicyclic) bond motifs is 3. The number of nitrogens with one attached hydrogen (secondary N) is 1. The third-order valence-corrected chi connectivity index (χ3v) is 6.97. The van der Waals surface area contributed by atoms with Crippen LogP contribution in [0.4, 0.5) is 17.2 Å². The summed E-state index contributed by atoms with van der Waals surface area (Å²) in [4.78, 5) is 22.6. The monoisotopic (exact) mass is 480 g/mol. The Balaban J connectivity index is 1.65. The SMILES string of the molecule is O=[N+]([O-])c1ccc(-c2nc(Nc3ccc(Br)cc3)c3c4c(sc3n2)CCCC4)cc1. The summed E-state index contributed by atoms with van der Waals surface area (Å²) in [7, 11) is 0. The van der Waals surface area contributed by atoms with Crippen LogP contribution >= 0.6 is 27.3 Å². The first-order chi connectivity index (χ1) is 14.6. The van der Waals surface area contributed by atoms with E-state index in [1.165, 1.54) is 35.4 Å². The highest BCUT2D eigenvalue weighted by atomic mass is 79.9. The highest BCUT2D eigenvalue weighted by Crippen LogP contribution is 2.40. The Morgan fingerprint density at radius 2 is 1.73 bits per heavy atom. The molecule has 0 amide bonds. The second kappa shape index (κ2) is 7.77. The molecule has 0 spiro atoms. The number of aryl methyl sites for hydroxylation is 2. The molecular weight excluding hydrogens is 464 g/mol. The number of halogens is 1. The lowest BCUT2D eigenvalue weighted by atomic mass is 9.97. The molecule has 1 N–H and O–H groups in total. The number of aromatic nitrogens is 2. The minimum Gasteiger partial charge on any atom is -0.340 e. The van der Waals surface area contributed by atoms with Crippen molar-refractivity contribution in [3.8, 4) is 11.4 Å². The maximum absolute atomic E-state index is 11.0. The molecule has 0 atom stereocenters. The standard InChI is InChI=1S/C22H17BrN4O2S/c23-14-7-9-15(10-8-14)24-21-19-17-3-1-2-4-18(17)30-22(19)26-20(25-21)13-5-11-16(12-6-13)27(28)29/h5-12H,1-4H2,(H,24,25,26). The van der Waals surface area contributed by atoms with Gasteiger partial charge in [-0.15, -0.1) is 11.3 Å². The van der Waals surface area contributed by atoms with E-state index >= 15 is 0 Å². The van der Waals surface area contributed by atoms with E-state index in [9.17, 15) is 10.1 Å². The zero-order valence-electron chi connectivity index (χ0n) is 15.9. The Labute approximate surface area is 185 Å². The maximum Gasteiger partial charge on any atom is 0.269 e. The van der Waals surface area contributed by atoms with Crippen LogP contribution in [0.3, 0.4) is 0 Å². The molecule has 2 heterocycles. The Kier molecular flexibility index (Phi) is 4.96. The first kappa shape index (κ1) is 19.1. The highest BCUT2D eigenvalue weighted by molar-refractivity contribution is 9.10. The molecule has 1 aliphatic rings. The summed E-state index contributed by atoms with van der Waals surface area (Å²) < 4.78 is 1.01. The molecule has 0 saturated heterocycles. The number of hydrogen-bond acceptors (Lipinski definition) is 6. The molecule has 2 aromatic heterocycles. The van der Waals surface area contributed by atoms with E-state index in [1.54, 1.807) is 23.5 Å². The van der Waals surface area contributed by atoms with Crippen molar-refractivity contribution >= 4 is 54.7 Å². The van der Waals surface area contributed by atoms with Crippen LogP contribution in [0.5, 0.6) is 0 Å². The normalized spacial score (nSPS) is 13.2. The molecule has 0 bridgehead atoms. The molecule has 5 rings (SSSR count). The van der Waals surface area contributed by atoms with Crippen molar-refractivity contribution in [2.75, 3.05) is 5.32 Å². The predicted octanol–water partition coefficient (Wildman–Crippen LogP) is 6.65. The second-order valence-corrected chi connectivity index (χ2v) is 9.22. The number of non-ortho nitro benzene ring substituents is 1. The van der Waals surface area contributed by atoms with Crippen molar-refractivity contribution in [3.63, 3.8) is 0 Å². The van der Waals surface area contributed by atoms with Gasteiger partial charge in [0.15, 0.2) is 5.82 Å². The molecule has 2 aromatic carbocycles. The lowest BCUT2D eigenvalue weighted by Gasteiger charge is -2.13. The van der Waals surface area contributed by atoms with Crippen molar-refractivity contribution in [2.45, 2.75) is 25.7 Å². The van der Waals surface area contributed by atoms with Crippen LogP contribution in [0.15, 0.2) is 53.0 Å². The van der Waals surface area contributed by atoms with Crippen molar-refractivity contribution in [1.29, 1.82) is 0 Å². The topological polar surface area (TPSA) is 81.0 Å². The average Bonchev–Trinajstić information content (AvgIpc) is 3.14. The summed E-state index contributed by atoms with van der Waals surface area (Å²) in [5.41, 5.74) is 3.12. The summed E-state index contributed by atoms with van der Waals surface area (Å²) in [6.45, 7) is 0. The van der Waals surface area contributed by atoms with Gasteiger partial charge in [0.25, 0.3) is 5.69 Å². The fourth-order valence-corrected chi connectivity index (χ4v) is 5.30. The quantitative estimate of drug-likeness (QED) is 0.261.